The molecular formula is C22H18F2N4O3S. The third-order valence-electron chi connectivity index (χ3n) is 5.04. The number of hydrogen-bond donors (Lipinski definition) is 1. The van der Waals surface area contributed by atoms with Crippen molar-refractivity contribution in [2.24, 2.45) is 7.05 Å². The van der Waals surface area contributed by atoms with E-state index in [1.165, 1.54) is 23.9 Å². The molecule has 0 aliphatic rings. The molecule has 32 heavy (non-hydrogen) atoms. The van der Waals surface area contributed by atoms with Gasteiger partial charge in [-0.05, 0) is 48.4 Å². The van der Waals surface area contributed by atoms with E-state index in [-0.39, 0.29) is 11.3 Å². The number of halogens is 2. The quantitative estimate of drug-likeness (QED) is 0.506. The number of aromatic nitrogens is 3. The van der Waals surface area contributed by atoms with Gasteiger partial charge in [-0.3, -0.25) is 9.52 Å². The largest absolute Gasteiger partial charge is 0.309 e. The third-order valence-corrected chi connectivity index (χ3v) is 5.65. The first-order chi connectivity index (χ1) is 15.0. The van der Waals surface area contributed by atoms with Gasteiger partial charge in [-0.25, -0.2) is 17.2 Å². The summed E-state index contributed by atoms with van der Waals surface area (Å²) >= 11 is 0. The van der Waals surface area contributed by atoms with Gasteiger partial charge in [0.2, 0.25) is 10.0 Å². The topological polar surface area (TPSA) is 93.9 Å². The minimum Gasteiger partial charge on any atom is -0.309 e. The minimum absolute atomic E-state index is 0.0165. The summed E-state index contributed by atoms with van der Waals surface area (Å²) in [5.41, 5.74) is 1.99. The van der Waals surface area contributed by atoms with E-state index in [0.717, 1.165) is 24.0 Å². The number of benzene rings is 2. The molecular weight excluding hydrogens is 438 g/mol. The molecule has 0 atom stereocenters. The van der Waals surface area contributed by atoms with Gasteiger partial charge in [0.15, 0.2) is 0 Å². The molecule has 0 fully saturated rings. The number of rotatable bonds is 4. The molecule has 0 aliphatic carbocycles. The van der Waals surface area contributed by atoms with Crippen molar-refractivity contribution >= 4 is 26.6 Å². The van der Waals surface area contributed by atoms with E-state index in [4.69, 9.17) is 0 Å². The third kappa shape index (κ3) is 3.96. The average Bonchev–Trinajstić information content (AvgIpc) is 2.71. The summed E-state index contributed by atoms with van der Waals surface area (Å²) in [6.45, 7) is 1.80. The van der Waals surface area contributed by atoms with Crippen LogP contribution in [0.4, 0.5) is 14.5 Å². The van der Waals surface area contributed by atoms with Crippen molar-refractivity contribution < 1.29 is 17.2 Å². The van der Waals surface area contributed by atoms with Crippen LogP contribution in [0.1, 0.15) is 5.56 Å². The summed E-state index contributed by atoms with van der Waals surface area (Å²) in [7, 11) is -1.98. The van der Waals surface area contributed by atoms with Crippen LogP contribution in [-0.2, 0) is 17.1 Å². The van der Waals surface area contributed by atoms with E-state index in [1.54, 1.807) is 31.2 Å². The van der Waals surface area contributed by atoms with Gasteiger partial charge < -0.3 is 4.57 Å². The second-order valence-electron chi connectivity index (χ2n) is 7.45. The van der Waals surface area contributed by atoms with Crippen LogP contribution in [0.25, 0.3) is 33.3 Å². The lowest BCUT2D eigenvalue weighted by atomic mass is 9.99. The predicted octanol–water partition coefficient (Wildman–Crippen LogP) is 3.62. The zero-order valence-electron chi connectivity index (χ0n) is 17.3. The highest BCUT2D eigenvalue weighted by Crippen LogP contribution is 2.31. The Labute approximate surface area is 182 Å². The van der Waals surface area contributed by atoms with Crippen molar-refractivity contribution in [3.8, 4) is 22.4 Å². The molecule has 0 saturated carbocycles. The molecule has 4 aromatic rings. The number of fused-ring (bicyclic) bond motifs is 1. The van der Waals surface area contributed by atoms with Gasteiger partial charge in [-0.2, -0.15) is 5.10 Å². The minimum atomic E-state index is -3.50. The Morgan fingerprint density at radius 2 is 1.75 bits per heavy atom. The van der Waals surface area contributed by atoms with Crippen LogP contribution in [0.2, 0.25) is 0 Å². The molecule has 7 nitrogen and oxygen atoms in total. The second kappa shape index (κ2) is 7.79. The number of anilines is 1. The van der Waals surface area contributed by atoms with E-state index in [9.17, 15) is 22.0 Å². The van der Waals surface area contributed by atoms with Crippen LogP contribution >= 0.6 is 0 Å². The molecule has 0 radical (unpaired) electrons. The van der Waals surface area contributed by atoms with Crippen LogP contribution in [-0.4, -0.2) is 29.4 Å². The summed E-state index contributed by atoms with van der Waals surface area (Å²) in [6.07, 6.45) is 2.48. The van der Waals surface area contributed by atoms with Gasteiger partial charge >= 0.3 is 0 Å². The number of pyridine rings is 1. The Bertz CT molecular complexity index is 1550. The van der Waals surface area contributed by atoms with E-state index in [1.807, 2.05) is 0 Å². The normalized spacial score (nSPS) is 11.7. The van der Waals surface area contributed by atoms with Crippen molar-refractivity contribution in [2.75, 3.05) is 11.0 Å². The highest BCUT2D eigenvalue weighted by atomic mass is 32.2. The summed E-state index contributed by atoms with van der Waals surface area (Å²) in [5, 5.41) is 8.44. The van der Waals surface area contributed by atoms with Gasteiger partial charge in [-0.1, -0.05) is 6.07 Å². The van der Waals surface area contributed by atoms with Gasteiger partial charge in [0.1, 0.15) is 17.3 Å². The highest BCUT2D eigenvalue weighted by Gasteiger charge is 2.18. The lowest BCUT2D eigenvalue weighted by Gasteiger charge is -2.14. The molecule has 0 aliphatic heterocycles. The van der Waals surface area contributed by atoms with Crippen LogP contribution in [0.15, 0.2) is 53.5 Å². The van der Waals surface area contributed by atoms with Gasteiger partial charge in [0.05, 0.1) is 18.0 Å². The fourth-order valence-electron chi connectivity index (χ4n) is 3.60. The summed E-state index contributed by atoms with van der Waals surface area (Å²) in [5.74, 6) is -1.55. The van der Waals surface area contributed by atoms with E-state index < -0.39 is 27.2 Å². The maximum atomic E-state index is 14.4. The molecule has 0 unspecified atom stereocenters. The first-order valence-corrected chi connectivity index (χ1v) is 11.3. The number of hydrogen-bond acceptors (Lipinski definition) is 5. The Hall–Kier alpha value is -3.66. The Morgan fingerprint density at radius 1 is 1.00 bits per heavy atom. The summed E-state index contributed by atoms with van der Waals surface area (Å²) < 4.78 is 54.7. The monoisotopic (exact) mass is 456 g/mol. The first kappa shape index (κ1) is 21.6. The number of sulfonamides is 1. The van der Waals surface area contributed by atoms with Crippen molar-refractivity contribution in [1.82, 2.24) is 14.8 Å². The highest BCUT2D eigenvalue weighted by molar-refractivity contribution is 7.92. The van der Waals surface area contributed by atoms with Crippen LogP contribution in [0.5, 0.6) is 0 Å². The van der Waals surface area contributed by atoms with Gasteiger partial charge in [0, 0.05) is 35.3 Å². The van der Waals surface area contributed by atoms with Gasteiger partial charge in [-0.15, -0.1) is 5.10 Å². The Balaban J connectivity index is 1.97. The fraction of sp³-hybridized carbons (Fsp3) is 0.136. The summed E-state index contributed by atoms with van der Waals surface area (Å²) in [6, 6.07) is 9.58. The molecule has 10 heteroatoms. The molecule has 164 valence electrons. The van der Waals surface area contributed by atoms with Crippen LogP contribution in [0, 0.1) is 18.6 Å². The SMILES string of the molecule is Cc1ccc(NS(C)(=O)=O)cc1-c1cc2cnnc(-c3ccc(F)cc3F)c2n(C)c1=O. The molecule has 0 saturated heterocycles. The fourth-order valence-corrected chi connectivity index (χ4v) is 4.15. The Kier molecular flexibility index (Phi) is 5.25. The van der Waals surface area contributed by atoms with E-state index in [0.29, 0.717) is 27.7 Å². The molecule has 1 N–H and O–H groups in total. The van der Waals surface area contributed by atoms with E-state index in [2.05, 4.69) is 14.9 Å². The zero-order valence-corrected chi connectivity index (χ0v) is 18.2. The smallest absolute Gasteiger partial charge is 0.258 e. The molecule has 2 heterocycles. The number of nitrogens with zero attached hydrogens (tertiary/aromatic N) is 3. The zero-order chi connectivity index (χ0) is 23.2. The lowest BCUT2D eigenvalue weighted by molar-refractivity contribution is 0.585. The maximum Gasteiger partial charge on any atom is 0.258 e. The lowest BCUT2D eigenvalue weighted by Crippen LogP contribution is -2.20. The first-order valence-electron chi connectivity index (χ1n) is 9.45. The second-order valence-corrected chi connectivity index (χ2v) is 9.20. The molecule has 4 rings (SSSR count). The molecule has 2 aromatic carbocycles. The molecule has 0 bridgehead atoms. The molecule has 2 aromatic heterocycles. The van der Waals surface area contributed by atoms with Gasteiger partial charge in [0.25, 0.3) is 5.56 Å². The maximum absolute atomic E-state index is 14.4. The predicted molar refractivity (Wildman–Crippen MR) is 119 cm³/mol. The van der Waals surface area contributed by atoms with Crippen molar-refractivity contribution in [3.05, 3.63) is 76.2 Å². The van der Waals surface area contributed by atoms with Crippen molar-refractivity contribution in [1.29, 1.82) is 0 Å². The molecule has 0 amide bonds. The molecule has 0 spiro atoms. The van der Waals surface area contributed by atoms with Crippen molar-refractivity contribution in [2.45, 2.75) is 6.92 Å². The number of nitrogens with one attached hydrogen (secondary N) is 1. The summed E-state index contributed by atoms with van der Waals surface area (Å²) in [4.78, 5) is 13.3. The average molecular weight is 456 g/mol. The standard InChI is InChI=1S/C22H18F2N4O3S/c1-12-4-6-15(27-32(3,30)31)10-17(12)18-8-13-11-25-26-20(21(13)28(2)22(18)29)16-7-5-14(23)9-19(16)24/h4-11,27H,1-3H3. The van der Waals surface area contributed by atoms with Crippen LogP contribution < -0.4 is 10.3 Å². The Morgan fingerprint density at radius 3 is 2.44 bits per heavy atom. The number of aryl methyl sites for hydroxylation is 2. The van der Waals surface area contributed by atoms with E-state index >= 15 is 0 Å². The van der Waals surface area contributed by atoms with Crippen molar-refractivity contribution in [3.63, 3.8) is 0 Å². The van der Waals surface area contributed by atoms with Crippen LogP contribution in [0.3, 0.4) is 0 Å².